The van der Waals surface area contributed by atoms with E-state index in [2.05, 4.69) is 34.7 Å². The van der Waals surface area contributed by atoms with Gasteiger partial charge < -0.3 is 10.0 Å². The Hall–Kier alpha value is -0.450. The van der Waals surface area contributed by atoms with E-state index in [1.807, 2.05) is 0 Å². The molecule has 1 N–H and O–H groups in total. The molecule has 0 spiro atoms. The minimum Gasteiger partial charge on any atom is -0.389 e. The van der Waals surface area contributed by atoms with Crippen molar-refractivity contribution in [3.05, 3.63) is 34.1 Å². The van der Waals surface area contributed by atoms with Crippen LogP contribution in [0, 0.1) is 5.82 Å². The van der Waals surface area contributed by atoms with Gasteiger partial charge in [-0.3, -0.25) is 0 Å². The molecule has 1 unspecified atom stereocenters. The van der Waals surface area contributed by atoms with Crippen LogP contribution >= 0.6 is 15.9 Å². The first-order chi connectivity index (χ1) is 9.39. The van der Waals surface area contributed by atoms with Crippen LogP contribution in [-0.2, 0) is 6.42 Å². The van der Waals surface area contributed by atoms with Crippen molar-refractivity contribution >= 4 is 15.9 Å². The van der Waals surface area contributed by atoms with Crippen molar-refractivity contribution in [3.8, 4) is 0 Å². The van der Waals surface area contributed by atoms with Gasteiger partial charge in [-0.2, -0.15) is 0 Å². The van der Waals surface area contributed by atoms with E-state index in [0.29, 0.717) is 12.5 Å². The third kappa shape index (κ3) is 4.03. The zero-order valence-corrected chi connectivity index (χ0v) is 13.8. The maximum Gasteiger partial charge on any atom is 0.124 e. The molecule has 4 heteroatoms. The molecular formula is C16H23BrFNO. The highest BCUT2D eigenvalue weighted by molar-refractivity contribution is 9.10. The number of nitrogens with zero attached hydrogens (tertiary/aromatic N) is 1. The SMILES string of the molecule is CC(C)N1CCCC(O)(Cc2ccc(F)cc2Br)CC1. The highest BCUT2D eigenvalue weighted by Crippen LogP contribution is 2.30. The Kier molecular flexibility index (Phi) is 5.21. The van der Waals surface area contributed by atoms with Gasteiger partial charge in [0.1, 0.15) is 5.82 Å². The third-order valence-corrected chi connectivity index (χ3v) is 4.95. The van der Waals surface area contributed by atoms with Gasteiger partial charge in [-0.15, -0.1) is 0 Å². The summed E-state index contributed by atoms with van der Waals surface area (Å²) in [6, 6.07) is 5.22. The van der Waals surface area contributed by atoms with Gasteiger partial charge >= 0.3 is 0 Å². The summed E-state index contributed by atoms with van der Waals surface area (Å²) >= 11 is 3.39. The van der Waals surface area contributed by atoms with Gasteiger partial charge in [0.2, 0.25) is 0 Å². The Labute approximate surface area is 129 Å². The van der Waals surface area contributed by atoms with Gasteiger partial charge in [0, 0.05) is 23.5 Å². The van der Waals surface area contributed by atoms with Crippen LogP contribution in [-0.4, -0.2) is 34.7 Å². The largest absolute Gasteiger partial charge is 0.389 e. The Balaban J connectivity index is 2.07. The fraction of sp³-hybridized carbons (Fsp3) is 0.625. The first-order valence-electron chi connectivity index (χ1n) is 7.30. The summed E-state index contributed by atoms with van der Waals surface area (Å²) in [5.74, 6) is -0.250. The van der Waals surface area contributed by atoms with Gasteiger partial charge in [-0.25, -0.2) is 4.39 Å². The van der Waals surface area contributed by atoms with Gasteiger partial charge in [0.15, 0.2) is 0 Å². The second kappa shape index (κ2) is 6.54. The number of hydrogen-bond acceptors (Lipinski definition) is 2. The van der Waals surface area contributed by atoms with Crippen molar-refractivity contribution in [1.29, 1.82) is 0 Å². The van der Waals surface area contributed by atoms with Crippen molar-refractivity contribution in [2.45, 2.75) is 51.2 Å². The molecule has 0 saturated carbocycles. The Morgan fingerprint density at radius 3 is 2.75 bits per heavy atom. The Morgan fingerprint density at radius 2 is 2.10 bits per heavy atom. The van der Waals surface area contributed by atoms with Crippen molar-refractivity contribution in [2.24, 2.45) is 0 Å². The van der Waals surface area contributed by atoms with Gasteiger partial charge in [0.25, 0.3) is 0 Å². The Bertz CT molecular complexity index is 466. The number of hydrogen-bond donors (Lipinski definition) is 1. The molecule has 2 rings (SSSR count). The Morgan fingerprint density at radius 1 is 1.35 bits per heavy atom. The molecule has 0 aliphatic carbocycles. The monoisotopic (exact) mass is 343 g/mol. The third-order valence-electron chi connectivity index (χ3n) is 4.22. The molecule has 1 aliphatic heterocycles. The lowest BCUT2D eigenvalue weighted by Crippen LogP contribution is -2.35. The van der Waals surface area contributed by atoms with Gasteiger partial charge in [0.05, 0.1) is 5.60 Å². The summed E-state index contributed by atoms with van der Waals surface area (Å²) in [4.78, 5) is 2.41. The van der Waals surface area contributed by atoms with Crippen LogP contribution in [0.1, 0.15) is 38.7 Å². The number of likely N-dealkylation sites (tertiary alicyclic amines) is 1. The summed E-state index contributed by atoms with van der Waals surface area (Å²) in [7, 11) is 0. The van der Waals surface area contributed by atoms with E-state index < -0.39 is 5.60 Å². The van der Waals surface area contributed by atoms with Gasteiger partial charge in [-0.1, -0.05) is 22.0 Å². The average molecular weight is 344 g/mol. The number of rotatable bonds is 3. The van der Waals surface area contributed by atoms with Gasteiger partial charge in [-0.05, 0) is 57.4 Å². The molecule has 0 radical (unpaired) electrons. The molecule has 1 aromatic carbocycles. The molecule has 1 heterocycles. The summed E-state index contributed by atoms with van der Waals surface area (Å²) in [5, 5.41) is 10.9. The van der Waals surface area contributed by atoms with E-state index in [4.69, 9.17) is 0 Å². The lowest BCUT2D eigenvalue weighted by molar-refractivity contribution is 0.0247. The molecule has 1 saturated heterocycles. The van der Waals surface area contributed by atoms with Crippen LogP contribution in [0.15, 0.2) is 22.7 Å². The molecule has 112 valence electrons. The fourth-order valence-corrected chi connectivity index (χ4v) is 3.40. The zero-order valence-electron chi connectivity index (χ0n) is 12.2. The van der Waals surface area contributed by atoms with Crippen molar-refractivity contribution in [2.75, 3.05) is 13.1 Å². The molecule has 0 aromatic heterocycles. The van der Waals surface area contributed by atoms with E-state index in [-0.39, 0.29) is 5.82 Å². The molecule has 0 amide bonds. The van der Waals surface area contributed by atoms with Crippen LogP contribution < -0.4 is 0 Å². The van der Waals surface area contributed by atoms with Crippen molar-refractivity contribution < 1.29 is 9.50 Å². The predicted octanol–water partition coefficient (Wildman–Crippen LogP) is 3.76. The van der Waals surface area contributed by atoms with E-state index in [0.717, 1.165) is 42.4 Å². The molecule has 20 heavy (non-hydrogen) atoms. The van der Waals surface area contributed by atoms with E-state index >= 15 is 0 Å². The van der Waals surface area contributed by atoms with Crippen molar-refractivity contribution in [1.82, 2.24) is 4.90 Å². The van der Waals surface area contributed by atoms with Crippen LogP contribution in [0.25, 0.3) is 0 Å². The molecule has 0 bridgehead atoms. The minimum atomic E-state index is -0.677. The molecule has 1 aliphatic rings. The minimum absolute atomic E-state index is 0.250. The summed E-state index contributed by atoms with van der Waals surface area (Å²) in [6.07, 6.45) is 3.17. The standard InChI is InChI=1S/C16H23BrFNO/c1-12(2)19-8-3-6-16(20,7-9-19)11-13-4-5-14(18)10-15(13)17/h4-5,10,12,20H,3,6-9,11H2,1-2H3. The lowest BCUT2D eigenvalue weighted by Gasteiger charge is -2.28. The topological polar surface area (TPSA) is 23.5 Å². The van der Waals surface area contributed by atoms with Crippen LogP contribution in [0.4, 0.5) is 4.39 Å². The average Bonchev–Trinajstić information content (AvgIpc) is 2.55. The number of benzene rings is 1. The quantitative estimate of drug-likeness (QED) is 0.903. The first-order valence-corrected chi connectivity index (χ1v) is 8.09. The zero-order chi connectivity index (χ0) is 14.8. The number of aliphatic hydroxyl groups is 1. The molecule has 2 nitrogen and oxygen atoms in total. The smallest absolute Gasteiger partial charge is 0.124 e. The number of halogens is 2. The second-order valence-corrected chi connectivity index (χ2v) is 6.97. The van der Waals surface area contributed by atoms with Crippen molar-refractivity contribution in [3.63, 3.8) is 0 Å². The molecule has 1 atom stereocenters. The van der Waals surface area contributed by atoms with Crippen LogP contribution in [0.5, 0.6) is 0 Å². The van der Waals surface area contributed by atoms with E-state index in [1.54, 1.807) is 6.07 Å². The normalized spacial score (nSPS) is 24.9. The van der Waals surface area contributed by atoms with E-state index in [1.165, 1.54) is 12.1 Å². The summed E-state index contributed by atoms with van der Waals surface area (Å²) < 4.78 is 13.9. The fourth-order valence-electron chi connectivity index (χ4n) is 2.91. The second-order valence-electron chi connectivity index (χ2n) is 6.12. The van der Waals surface area contributed by atoms with Crippen LogP contribution in [0.3, 0.4) is 0 Å². The highest BCUT2D eigenvalue weighted by atomic mass is 79.9. The summed E-state index contributed by atoms with van der Waals surface area (Å²) in [5.41, 5.74) is 0.302. The molecule has 1 fully saturated rings. The summed E-state index contributed by atoms with van der Waals surface area (Å²) in [6.45, 7) is 6.36. The predicted molar refractivity (Wildman–Crippen MR) is 83.3 cm³/mol. The van der Waals surface area contributed by atoms with Crippen LogP contribution in [0.2, 0.25) is 0 Å². The lowest BCUT2D eigenvalue weighted by atomic mass is 9.88. The highest BCUT2D eigenvalue weighted by Gasteiger charge is 2.31. The van der Waals surface area contributed by atoms with E-state index in [9.17, 15) is 9.50 Å². The maximum absolute atomic E-state index is 13.1. The molecule has 1 aromatic rings. The molecular weight excluding hydrogens is 321 g/mol. The maximum atomic E-state index is 13.1. The first kappa shape index (κ1) is 15.9.